The first kappa shape index (κ1) is 15.4. The predicted octanol–water partition coefficient (Wildman–Crippen LogP) is 2.97. The van der Waals surface area contributed by atoms with E-state index in [-0.39, 0.29) is 5.91 Å². The van der Waals surface area contributed by atoms with Crippen molar-refractivity contribution in [2.24, 2.45) is 0 Å². The van der Waals surface area contributed by atoms with Crippen molar-refractivity contribution in [3.05, 3.63) is 29.8 Å². The summed E-state index contributed by atoms with van der Waals surface area (Å²) < 4.78 is 5.10. The predicted molar refractivity (Wildman–Crippen MR) is 80.9 cm³/mol. The van der Waals surface area contributed by atoms with Crippen LogP contribution in [0.15, 0.2) is 24.3 Å². The number of benzene rings is 1. The van der Waals surface area contributed by atoms with E-state index in [1.807, 2.05) is 24.3 Å². The van der Waals surface area contributed by atoms with Crippen LogP contribution < -0.4 is 10.1 Å². The second-order valence-electron chi connectivity index (χ2n) is 5.68. The van der Waals surface area contributed by atoms with Crippen molar-refractivity contribution in [3.63, 3.8) is 0 Å². The number of nitriles is 1. The van der Waals surface area contributed by atoms with Gasteiger partial charge in [-0.3, -0.25) is 4.79 Å². The van der Waals surface area contributed by atoms with Gasteiger partial charge in [-0.05, 0) is 30.5 Å². The molecular weight excluding hydrogens is 264 g/mol. The van der Waals surface area contributed by atoms with E-state index in [4.69, 9.17) is 4.74 Å². The molecule has 0 saturated heterocycles. The lowest BCUT2D eigenvalue weighted by Crippen LogP contribution is -2.47. The lowest BCUT2D eigenvalue weighted by atomic mass is 9.91. The van der Waals surface area contributed by atoms with Gasteiger partial charge in [-0.25, -0.2) is 0 Å². The third-order valence-corrected chi connectivity index (χ3v) is 4.07. The molecule has 0 atom stereocenters. The van der Waals surface area contributed by atoms with E-state index in [2.05, 4.69) is 11.4 Å². The van der Waals surface area contributed by atoms with Crippen LogP contribution in [0.2, 0.25) is 0 Å². The van der Waals surface area contributed by atoms with Crippen molar-refractivity contribution in [1.29, 1.82) is 5.26 Å². The van der Waals surface area contributed by atoms with Gasteiger partial charge in [-0.15, -0.1) is 0 Å². The van der Waals surface area contributed by atoms with Gasteiger partial charge in [0.05, 0.1) is 19.6 Å². The number of carbonyl (C=O) groups excluding carboxylic acids is 1. The van der Waals surface area contributed by atoms with E-state index in [9.17, 15) is 10.1 Å². The maximum atomic E-state index is 12.2. The van der Waals surface area contributed by atoms with Crippen molar-refractivity contribution < 1.29 is 9.53 Å². The van der Waals surface area contributed by atoms with Crippen LogP contribution in [0.5, 0.6) is 5.75 Å². The van der Waals surface area contributed by atoms with Gasteiger partial charge in [-0.2, -0.15) is 5.26 Å². The lowest BCUT2D eigenvalue weighted by Gasteiger charge is -2.26. The Morgan fingerprint density at radius 1 is 1.24 bits per heavy atom. The molecule has 4 nitrogen and oxygen atoms in total. The largest absolute Gasteiger partial charge is 0.497 e. The smallest absolute Gasteiger partial charge is 0.225 e. The topological polar surface area (TPSA) is 62.1 Å². The minimum Gasteiger partial charge on any atom is -0.497 e. The second kappa shape index (κ2) is 7.12. The number of hydrogen-bond donors (Lipinski definition) is 1. The molecule has 0 aliphatic heterocycles. The summed E-state index contributed by atoms with van der Waals surface area (Å²) in [6, 6.07) is 9.78. The molecule has 0 aromatic heterocycles. The highest BCUT2D eigenvalue weighted by molar-refractivity contribution is 5.79. The minimum absolute atomic E-state index is 0.0800. The van der Waals surface area contributed by atoms with Crippen LogP contribution in [0.3, 0.4) is 0 Å². The average Bonchev–Trinajstić information content (AvgIpc) is 2.74. The first-order valence-corrected chi connectivity index (χ1v) is 7.53. The summed E-state index contributed by atoms with van der Waals surface area (Å²) in [6.07, 6.45) is 6.14. The molecule has 1 aliphatic carbocycles. The Balaban J connectivity index is 1.97. The fraction of sp³-hybridized carbons (Fsp3) is 0.529. The van der Waals surface area contributed by atoms with Crippen molar-refractivity contribution in [1.82, 2.24) is 5.32 Å². The van der Waals surface area contributed by atoms with E-state index in [1.54, 1.807) is 7.11 Å². The monoisotopic (exact) mass is 286 g/mol. The molecule has 21 heavy (non-hydrogen) atoms. The van der Waals surface area contributed by atoms with Crippen LogP contribution in [0, 0.1) is 11.3 Å². The maximum Gasteiger partial charge on any atom is 0.225 e. The molecule has 4 heteroatoms. The van der Waals surface area contributed by atoms with Crippen LogP contribution in [0.25, 0.3) is 0 Å². The molecule has 1 N–H and O–H groups in total. The summed E-state index contributed by atoms with van der Waals surface area (Å²) in [4.78, 5) is 12.2. The molecule has 0 radical (unpaired) electrons. The number of methoxy groups -OCH3 is 1. The first-order chi connectivity index (χ1) is 10.2. The third-order valence-electron chi connectivity index (χ3n) is 4.07. The van der Waals surface area contributed by atoms with Crippen LogP contribution >= 0.6 is 0 Å². The SMILES string of the molecule is COc1ccc(CC(=O)NC2(C#N)CCCCCC2)cc1. The molecule has 1 amide bonds. The fourth-order valence-electron chi connectivity index (χ4n) is 2.84. The van der Waals surface area contributed by atoms with Gasteiger partial charge < -0.3 is 10.1 Å². The summed E-state index contributed by atoms with van der Waals surface area (Å²) in [5.74, 6) is 0.694. The third kappa shape index (κ3) is 4.22. The van der Waals surface area contributed by atoms with Crippen molar-refractivity contribution >= 4 is 5.91 Å². The molecule has 0 spiro atoms. The summed E-state index contributed by atoms with van der Waals surface area (Å²) in [7, 11) is 1.62. The normalized spacial score (nSPS) is 17.3. The van der Waals surface area contributed by atoms with Gasteiger partial charge in [0.1, 0.15) is 11.3 Å². The molecule has 1 aliphatic rings. The Morgan fingerprint density at radius 3 is 2.38 bits per heavy atom. The number of ether oxygens (including phenoxy) is 1. The summed E-state index contributed by atoms with van der Waals surface area (Å²) in [6.45, 7) is 0. The minimum atomic E-state index is -0.667. The van der Waals surface area contributed by atoms with Crippen LogP contribution in [0.1, 0.15) is 44.1 Å². The van der Waals surface area contributed by atoms with Gasteiger partial charge >= 0.3 is 0 Å². The second-order valence-corrected chi connectivity index (χ2v) is 5.68. The summed E-state index contributed by atoms with van der Waals surface area (Å²) in [5.41, 5.74) is 0.259. The molecule has 1 saturated carbocycles. The van der Waals surface area contributed by atoms with Crippen molar-refractivity contribution in [2.45, 2.75) is 50.5 Å². The molecular formula is C17H22N2O2. The first-order valence-electron chi connectivity index (χ1n) is 7.53. The van der Waals surface area contributed by atoms with Gasteiger partial charge in [0.15, 0.2) is 0 Å². The number of carbonyl (C=O) groups is 1. The molecule has 2 rings (SSSR count). The Bertz CT molecular complexity index is 509. The number of nitrogens with zero attached hydrogens (tertiary/aromatic N) is 1. The van der Waals surface area contributed by atoms with Crippen LogP contribution in [-0.4, -0.2) is 18.6 Å². The summed E-state index contributed by atoms with van der Waals surface area (Å²) >= 11 is 0. The zero-order chi connectivity index (χ0) is 15.1. The highest BCUT2D eigenvalue weighted by atomic mass is 16.5. The molecule has 1 fully saturated rings. The molecule has 112 valence electrons. The molecule has 1 aromatic rings. The molecule has 0 unspecified atom stereocenters. The van der Waals surface area contributed by atoms with E-state index in [1.165, 1.54) is 0 Å². The molecule has 1 aromatic carbocycles. The zero-order valence-corrected chi connectivity index (χ0v) is 12.5. The Labute approximate surface area is 126 Å². The number of amides is 1. The number of nitrogens with one attached hydrogen (secondary N) is 1. The summed E-state index contributed by atoms with van der Waals surface area (Å²) in [5, 5.41) is 12.4. The zero-order valence-electron chi connectivity index (χ0n) is 12.5. The van der Waals surface area contributed by atoms with E-state index < -0.39 is 5.54 Å². The Hall–Kier alpha value is -2.02. The number of rotatable bonds is 4. The van der Waals surface area contributed by atoms with Crippen LogP contribution in [0.4, 0.5) is 0 Å². The number of hydrogen-bond acceptors (Lipinski definition) is 3. The van der Waals surface area contributed by atoms with E-state index in [0.29, 0.717) is 6.42 Å². The van der Waals surface area contributed by atoms with Gasteiger partial charge in [-0.1, -0.05) is 37.8 Å². The Kier molecular flexibility index (Phi) is 5.21. The molecule has 0 heterocycles. The quantitative estimate of drug-likeness (QED) is 0.866. The van der Waals surface area contributed by atoms with E-state index >= 15 is 0 Å². The van der Waals surface area contributed by atoms with E-state index in [0.717, 1.165) is 49.8 Å². The maximum absolute atomic E-state index is 12.2. The highest BCUT2D eigenvalue weighted by Gasteiger charge is 2.32. The van der Waals surface area contributed by atoms with Crippen molar-refractivity contribution in [3.8, 4) is 11.8 Å². The van der Waals surface area contributed by atoms with Gasteiger partial charge in [0.25, 0.3) is 0 Å². The Morgan fingerprint density at radius 2 is 1.86 bits per heavy atom. The fourth-order valence-corrected chi connectivity index (χ4v) is 2.84. The molecule has 0 bridgehead atoms. The standard InChI is InChI=1S/C17H22N2O2/c1-21-15-8-6-14(7-9-15)12-16(20)19-17(13-18)10-4-2-3-5-11-17/h6-9H,2-5,10-12H2,1H3,(H,19,20). The van der Waals surface area contributed by atoms with Gasteiger partial charge in [0.2, 0.25) is 5.91 Å². The highest BCUT2D eigenvalue weighted by Crippen LogP contribution is 2.26. The average molecular weight is 286 g/mol. The lowest BCUT2D eigenvalue weighted by molar-refractivity contribution is -0.121. The van der Waals surface area contributed by atoms with Crippen molar-refractivity contribution in [2.75, 3.05) is 7.11 Å². The van der Waals surface area contributed by atoms with Gasteiger partial charge in [0, 0.05) is 0 Å². The van der Waals surface area contributed by atoms with Crippen LogP contribution in [-0.2, 0) is 11.2 Å².